The van der Waals surface area contributed by atoms with E-state index in [0.717, 1.165) is 0 Å². The van der Waals surface area contributed by atoms with Gasteiger partial charge in [0.15, 0.2) is 0 Å². The van der Waals surface area contributed by atoms with Crippen LogP contribution in [0.3, 0.4) is 0 Å². The van der Waals surface area contributed by atoms with Crippen molar-refractivity contribution in [2.75, 3.05) is 6.61 Å². The third-order valence-corrected chi connectivity index (χ3v) is 2.67. The summed E-state index contributed by atoms with van der Waals surface area (Å²) in [6.07, 6.45) is 1.67. The summed E-state index contributed by atoms with van der Waals surface area (Å²) in [5.41, 5.74) is 2.60. The van der Waals surface area contributed by atoms with Gasteiger partial charge in [0, 0.05) is 12.5 Å². The molecular weight excluding hydrogens is 250 g/mol. The number of ether oxygens (including phenoxy) is 1. The number of amides is 1. The van der Waals surface area contributed by atoms with Crippen molar-refractivity contribution in [3.63, 3.8) is 0 Å². The van der Waals surface area contributed by atoms with Crippen LogP contribution in [-0.4, -0.2) is 17.4 Å². The summed E-state index contributed by atoms with van der Waals surface area (Å²) in [6.45, 7) is 2.05. The lowest BCUT2D eigenvalue weighted by Gasteiger charge is -2.08. The number of benzene rings is 1. The number of hydrazine groups is 1. The molecule has 0 unspecified atom stereocenters. The number of nitrogens with two attached hydrogens (primary N) is 1. The van der Waals surface area contributed by atoms with Crippen LogP contribution in [0.4, 0.5) is 5.69 Å². The summed E-state index contributed by atoms with van der Waals surface area (Å²) in [4.78, 5) is 21.2. The first-order valence-corrected chi connectivity index (χ1v) is 5.92. The smallest absolute Gasteiger partial charge is 0.276 e. The molecule has 0 bridgehead atoms. The third kappa shape index (κ3) is 4.55. The van der Waals surface area contributed by atoms with Crippen molar-refractivity contribution in [3.05, 3.63) is 33.9 Å². The monoisotopic (exact) mass is 267 g/mol. The zero-order chi connectivity index (χ0) is 14.3. The Morgan fingerprint density at radius 3 is 2.84 bits per heavy atom. The molecule has 0 radical (unpaired) electrons. The predicted molar refractivity (Wildman–Crippen MR) is 69.5 cm³/mol. The van der Waals surface area contributed by atoms with Crippen molar-refractivity contribution in [1.29, 1.82) is 0 Å². The predicted octanol–water partition coefficient (Wildman–Crippen LogP) is 1.44. The number of nitrogens with zero attached hydrogens (tertiary/aromatic N) is 1. The van der Waals surface area contributed by atoms with E-state index in [-0.39, 0.29) is 11.6 Å². The summed E-state index contributed by atoms with van der Waals surface area (Å²) >= 11 is 0. The fraction of sp³-hybridized carbons (Fsp3) is 0.417. The van der Waals surface area contributed by atoms with Crippen molar-refractivity contribution in [2.24, 2.45) is 5.84 Å². The number of nitro benzene ring substituents is 1. The van der Waals surface area contributed by atoms with E-state index in [1.54, 1.807) is 19.1 Å². The Labute approximate surface area is 110 Å². The van der Waals surface area contributed by atoms with Gasteiger partial charge in [0.25, 0.3) is 5.69 Å². The largest absolute Gasteiger partial charge is 0.493 e. The van der Waals surface area contributed by atoms with Crippen molar-refractivity contribution >= 4 is 11.6 Å². The summed E-state index contributed by atoms with van der Waals surface area (Å²) in [6, 6.07) is 4.71. The zero-order valence-electron chi connectivity index (χ0n) is 10.7. The van der Waals surface area contributed by atoms with Gasteiger partial charge in [-0.2, -0.15) is 0 Å². The molecule has 7 nitrogen and oxygen atoms in total. The van der Waals surface area contributed by atoms with Crippen molar-refractivity contribution < 1.29 is 14.5 Å². The van der Waals surface area contributed by atoms with Gasteiger partial charge in [-0.15, -0.1) is 0 Å². The first-order chi connectivity index (χ1) is 9.06. The Balaban J connectivity index is 2.44. The molecule has 0 spiro atoms. The Kier molecular flexibility index (Phi) is 5.74. The molecule has 0 saturated carbocycles. The maximum absolute atomic E-state index is 10.9. The van der Waals surface area contributed by atoms with Crippen LogP contribution in [0.1, 0.15) is 24.8 Å². The molecule has 1 aromatic rings. The van der Waals surface area contributed by atoms with Gasteiger partial charge in [0.05, 0.1) is 17.1 Å². The topological polar surface area (TPSA) is 107 Å². The molecule has 3 N–H and O–H groups in total. The van der Waals surface area contributed by atoms with E-state index < -0.39 is 4.92 Å². The molecule has 1 rings (SSSR count). The Morgan fingerprint density at radius 2 is 2.21 bits per heavy atom. The van der Waals surface area contributed by atoms with E-state index >= 15 is 0 Å². The van der Waals surface area contributed by atoms with Gasteiger partial charge in [-0.25, -0.2) is 5.84 Å². The van der Waals surface area contributed by atoms with Gasteiger partial charge in [0.2, 0.25) is 5.91 Å². The molecule has 0 aliphatic rings. The van der Waals surface area contributed by atoms with E-state index in [0.29, 0.717) is 37.2 Å². The molecule has 0 atom stereocenters. The molecule has 104 valence electrons. The average molecular weight is 267 g/mol. The first-order valence-electron chi connectivity index (χ1n) is 5.92. The number of unbranched alkanes of at least 4 members (excludes halogenated alkanes) is 1. The minimum atomic E-state index is -0.437. The zero-order valence-corrected chi connectivity index (χ0v) is 10.7. The molecule has 7 heteroatoms. The molecule has 0 aromatic heterocycles. The maximum atomic E-state index is 10.9. The number of carbonyl (C=O) groups is 1. The lowest BCUT2D eigenvalue weighted by Crippen LogP contribution is -2.29. The second-order valence-corrected chi connectivity index (χ2v) is 4.03. The van der Waals surface area contributed by atoms with Crippen LogP contribution in [-0.2, 0) is 4.79 Å². The Morgan fingerprint density at radius 1 is 1.47 bits per heavy atom. The molecule has 0 aliphatic heterocycles. The van der Waals surface area contributed by atoms with E-state index in [9.17, 15) is 14.9 Å². The SMILES string of the molecule is Cc1c(OCCCCC(=O)NN)cccc1[N+](=O)[O-]. The van der Waals surface area contributed by atoms with Crippen LogP contribution >= 0.6 is 0 Å². The van der Waals surface area contributed by atoms with Gasteiger partial charge >= 0.3 is 0 Å². The second-order valence-electron chi connectivity index (χ2n) is 4.03. The molecule has 0 aliphatic carbocycles. The number of hydrogen-bond acceptors (Lipinski definition) is 5. The average Bonchev–Trinajstić information content (AvgIpc) is 2.39. The third-order valence-electron chi connectivity index (χ3n) is 2.67. The number of nitro groups is 1. The highest BCUT2D eigenvalue weighted by atomic mass is 16.6. The molecule has 0 fully saturated rings. The molecule has 0 saturated heterocycles. The van der Waals surface area contributed by atoms with E-state index in [1.165, 1.54) is 6.07 Å². The minimum absolute atomic E-state index is 0.0417. The van der Waals surface area contributed by atoms with Gasteiger partial charge in [-0.3, -0.25) is 20.3 Å². The normalized spacial score (nSPS) is 10.0. The summed E-state index contributed by atoms with van der Waals surface area (Å²) in [5.74, 6) is 5.23. The van der Waals surface area contributed by atoms with Gasteiger partial charge in [0.1, 0.15) is 5.75 Å². The molecule has 19 heavy (non-hydrogen) atoms. The van der Waals surface area contributed by atoms with E-state index in [2.05, 4.69) is 0 Å². The Hall–Kier alpha value is -2.15. The van der Waals surface area contributed by atoms with Gasteiger partial charge < -0.3 is 4.74 Å². The summed E-state index contributed by atoms with van der Waals surface area (Å²) in [5, 5.41) is 10.8. The van der Waals surface area contributed by atoms with E-state index in [1.807, 2.05) is 5.43 Å². The highest BCUT2D eigenvalue weighted by Crippen LogP contribution is 2.27. The standard InChI is InChI=1S/C12H17N3O4/c1-9-10(15(17)18)5-4-6-11(9)19-8-3-2-7-12(16)14-13/h4-6H,2-3,7-8,13H2,1H3,(H,14,16). The number of nitrogens with one attached hydrogen (secondary N) is 1. The van der Waals surface area contributed by atoms with Gasteiger partial charge in [-0.1, -0.05) is 6.07 Å². The molecular formula is C12H17N3O4. The van der Waals surface area contributed by atoms with E-state index in [4.69, 9.17) is 10.6 Å². The number of carbonyl (C=O) groups excluding carboxylic acids is 1. The maximum Gasteiger partial charge on any atom is 0.276 e. The van der Waals surface area contributed by atoms with Crippen LogP contribution in [0.2, 0.25) is 0 Å². The van der Waals surface area contributed by atoms with Gasteiger partial charge in [-0.05, 0) is 25.8 Å². The first kappa shape index (κ1) is 14.9. The number of hydrogen-bond donors (Lipinski definition) is 2. The quantitative estimate of drug-likeness (QED) is 0.255. The minimum Gasteiger partial charge on any atom is -0.493 e. The number of rotatable bonds is 7. The second kappa shape index (κ2) is 7.32. The van der Waals surface area contributed by atoms with Crippen molar-refractivity contribution in [3.8, 4) is 5.75 Å². The van der Waals surface area contributed by atoms with Crippen LogP contribution in [0.15, 0.2) is 18.2 Å². The van der Waals surface area contributed by atoms with Crippen LogP contribution < -0.4 is 16.0 Å². The van der Waals surface area contributed by atoms with Crippen LogP contribution in [0.25, 0.3) is 0 Å². The lowest BCUT2D eigenvalue weighted by molar-refractivity contribution is -0.385. The fourth-order valence-corrected chi connectivity index (χ4v) is 1.60. The Bertz CT molecular complexity index is 462. The highest BCUT2D eigenvalue weighted by molar-refractivity contribution is 5.75. The van der Waals surface area contributed by atoms with Crippen molar-refractivity contribution in [2.45, 2.75) is 26.2 Å². The highest BCUT2D eigenvalue weighted by Gasteiger charge is 2.13. The molecule has 0 heterocycles. The lowest BCUT2D eigenvalue weighted by atomic mass is 10.2. The van der Waals surface area contributed by atoms with Crippen LogP contribution in [0.5, 0.6) is 5.75 Å². The van der Waals surface area contributed by atoms with Crippen molar-refractivity contribution in [1.82, 2.24) is 5.43 Å². The fourth-order valence-electron chi connectivity index (χ4n) is 1.60. The van der Waals surface area contributed by atoms with Crippen LogP contribution in [0, 0.1) is 17.0 Å². The molecule has 1 amide bonds. The molecule has 1 aromatic carbocycles. The summed E-state index contributed by atoms with van der Waals surface area (Å²) < 4.78 is 5.48. The summed E-state index contributed by atoms with van der Waals surface area (Å²) in [7, 11) is 0.